The minimum atomic E-state index is -1.56. The van der Waals surface area contributed by atoms with Crippen LogP contribution in [0, 0.1) is 0 Å². The number of carbonyl (C=O) groups is 1. The van der Waals surface area contributed by atoms with Crippen molar-refractivity contribution in [2.24, 2.45) is 0 Å². The van der Waals surface area contributed by atoms with Crippen molar-refractivity contribution in [1.29, 1.82) is 0 Å². The molecule has 3 N–H and O–H groups in total. The Morgan fingerprint density at radius 3 is 2.79 bits per heavy atom. The first-order valence-corrected chi connectivity index (χ1v) is 4.42. The van der Waals surface area contributed by atoms with Crippen LogP contribution in [0.5, 0.6) is 0 Å². The largest absolute Gasteiger partial charge is 0.396 e. The minimum Gasteiger partial charge on any atom is -0.396 e. The zero-order valence-electron chi connectivity index (χ0n) is 7.53. The third-order valence-corrected chi connectivity index (χ3v) is 2.47. The SMILES string of the molecule is O=C1Nc2ccccc2C1(O)CCO. The van der Waals surface area contributed by atoms with E-state index in [1.54, 1.807) is 24.3 Å². The van der Waals surface area contributed by atoms with Gasteiger partial charge in [0.05, 0.1) is 0 Å². The fraction of sp³-hybridized carbons (Fsp3) is 0.300. The van der Waals surface area contributed by atoms with Gasteiger partial charge in [-0.3, -0.25) is 4.79 Å². The summed E-state index contributed by atoms with van der Waals surface area (Å²) < 4.78 is 0. The molecule has 4 heteroatoms. The van der Waals surface area contributed by atoms with Gasteiger partial charge >= 0.3 is 0 Å². The van der Waals surface area contributed by atoms with E-state index in [-0.39, 0.29) is 13.0 Å². The lowest BCUT2D eigenvalue weighted by Crippen LogP contribution is -2.35. The molecule has 2 rings (SSSR count). The highest BCUT2D eigenvalue weighted by molar-refractivity contribution is 6.04. The van der Waals surface area contributed by atoms with Gasteiger partial charge in [0.25, 0.3) is 5.91 Å². The molecule has 0 radical (unpaired) electrons. The Hall–Kier alpha value is -1.39. The first-order valence-electron chi connectivity index (χ1n) is 4.42. The number of para-hydroxylation sites is 1. The quantitative estimate of drug-likeness (QED) is 0.628. The average molecular weight is 193 g/mol. The number of anilines is 1. The number of rotatable bonds is 2. The smallest absolute Gasteiger partial charge is 0.261 e. The summed E-state index contributed by atoms with van der Waals surface area (Å²) >= 11 is 0. The lowest BCUT2D eigenvalue weighted by molar-refractivity contribution is -0.135. The number of amides is 1. The average Bonchev–Trinajstić information content (AvgIpc) is 2.41. The topological polar surface area (TPSA) is 69.6 Å². The van der Waals surface area contributed by atoms with E-state index in [4.69, 9.17) is 5.11 Å². The molecule has 1 aromatic carbocycles. The van der Waals surface area contributed by atoms with Gasteiger partial charge in [0.2, 0.25) is 0 Å². The molecule has 74 valence electrons. The number of aliphatic hydroxyl groups is 2. The third-order valence-electron chi connectivity index (χ3n) is 2.47. The van der Waals surface area contributed by atoms with Crippen LogP contribution in [0.2, 0.25) is 0 Å². The summed E-state index contributed by atoms with van der Waals surface area (Å²) in [5.74, 6) is -0.465. The Labute approximate surface area is 81.2 Å². The molecular weight excluding hydrogens is 182 g/mol. The highest BCUT2D eigenvalue weighted by Crippen LogP contribution is 2.37. The summed E-state index contributed by atoms with van der Waals surface area (Å²) in [4.78, 5) is 11.5. The molecular formula is C10H11NO3. The van der Waals surface area contributed by atoms with Crippen molar-refractivity contribution in [3.05, 3.63) is 29.8 Å². The Balaban J connectivity index is 2.48. The molecule has 0 bridgehead atoms. The van der Waals surface area contributed by atoms with Crippen LogP contribution in [0.1, 0.15) is 12.0 Å². The fourth-order valence-electron chi connectivity index (χ4n) is 1.71. The van der Waals surface area contributed by atoms with E-state index in [2.05, 4.69) is 5.32 Å². The Kier molecular flexibility index (Phi) is 2.02. The van der Waals surface area contributed by atoms with Gasteiger partial charge in [0, 0.05) is 24.3 Å². The van der Waals surface area contributed by atoms with Crippen LogP contribution in [-0.4, -0.2) is 22.7 Å². The van der Waals surface area contributed by atoms with Crippen LogP contribution in [0.15, 0.2) is 24.3 Å². The number of benzene rings is 1. The van der Waals surface area contributed by atoms with Crippen molar-refractivity contribution in [2.45, 2.75) is 12.0 Å². The van der Waals surface area contributed by atoms with Crippen molar-refractivity contribution < 1.29 is 15.0 Å². The highest BCUT2D eigenvalue weighted by Gasteiger charge is 2.44. The van der Waals surface area contributed by atoms with Crippen LogP contribution in [-0.2, 0) is 10.4 Å². The summed E-state index contributed by atoms with van der Waals surface area (Å²) in [6.45, 7) is -0.224. The molecule has 0 spiro atoms. The second-order valence-electron chi connectivity index (χ2n) is 3.33. The molecule has 0 saturated heterocycles. The normalized spacial score (nSPS) is 24.6. The second-order valence-corrected chi connectivity index (χ2v) is 3.33. The van der Waals surface area contributed by atoms with Gasteiger partial charge < -0.3 is 15.5 Å². The highest BCUT2D eigenvalue weighted by atomic mass is 16.3. The van der Waals surface area contributed by atoms with Crippen LogP contribution >= 0.6 is 0 Å². The predicted molar refractivity (Wildman–Crippen MR) is 50.7 cm³/mol. The monoisotopic (exact) mass is 193 g/mol. The summed E-state index contributed by atoms with van der Waals surface area (Å²) in [5, 5.41) is 21.4. The lowest BCUT2D eigenvalue weighted by Gasteiger charge is -2.18. The first kappa shape index (κ1) is 9.18. The Bertz CT molecular complexity index is 377. The van der Waals surface area contributed by atoms with Crippen LogP contribution in [0.3, 0.4) is 0 Å². The number of hydrogen-bond donors (Lipinski definition) is 3. The van der Waals surface area contributed by atoms with Gasteiger partial charge in [-0.15, -0.1) is 0 Å². The molecule has 1 unspecified atom stereocenters. The number of aliphatic hydroxyl groups excluding tert-OH is 1. The third kappa shape index (κ3) is 1.12. The predicted octanol–water partition coefficient (Wildman–Crippen LogP) is 0.209. The van der Waals surface area contributed by atoms with Gasteiger partial charge in [-0.1, -0.05) is 18.2 Å². The van der Waals surface area contributed by atoms with E-state index in [0.29, 0.717) is 11.3 Å². The van der Waals surface area contributed by atoms with E-state index < -0.39 is 11.5 Å². The Morgan fingerprint density at radius 2 is 2.07 bits per heavy atom. The van der Waals surface area contributed by atoms with E-state index >= 15 is 0 Å². The van der Waals surface area contributed by atoms with E-state index in [1.807, 2.05) is 0 Å². The maximum absolute atomic E-state index is 11.5. The summed E-state index contributed by atoms with van der Waals surface area (Å²) in [6.07, 6.45) is 0.0237. The van der Waals surface area contributed by atoms with E-state index in [9.17, 15) is 9.90 Å². The zero-order chi connectivity index (χ0) is 10.2. The van der Waals surface area contributed by atoms with Gasteiger partial charge in [-0.25, -0.2) is 0 Å². The molecule has 1 atom stereocenters. The molecule has 1 aromatic rings. The second kappa shape index (κ2) is 3.08. The standard InChI is InChI=1S/C10H11NO3/c12-6-5-10(14)7-3-1-2-4-8(7)11-9(10)13/h1-4,12,14H,5-6H2,(H,11,13). The molecule has 1 amide bonds. The lowest BCUT2D eigenvalue weighted by atomic mass is 9.92. The molecule has 0 saturated carbocycles. The van der Waals surface area contributed by atoms with Crippen LogP contribution < -0.4 is 5.32 Å². The van der Waals surface area contributed by atoms with Crippen molar-refractivity contribution in [1.82, 2.24) is 0 Å². The number of hydrogen-bond acceptors (Lipinski definition) is 3. The molecule has 1 heterocycles. The first-order chi connectivity index (χ1) is 6.68. The number of carbonyl (C=O) groups excluding carboxylic acids is 1. The van der Waals surface area contributed by atoms with Crippen LogP contribution in [0.25, 0.3) is 0 Å². The molecule has 4 nitrogen and oxygen atoms in total. The minimum absolute atomic E-state index is 0.0237. The maximum atomic E-state index is 11.5. The number of fused-ring (bicyclic) bond motifs is 1. The summed E-state index contributed by atoms with van der Waals surface area (Å²) in [7, 11) is 0. The van der Waals surface area contributed by atoms with E-state index in [0.717, 1.165) is 0 Å². The van der Waals surface area contributed by atoms with Gasteiger partial charge in [-0.05, 0) is 6.07 Å². The Morgan fingerprint density at radius 1 is 1.36 bits per heavy atom. The van der Waals surface area contributed by atoms with Crippen molar-refractivity contribution in [3.63, 3.8) is 0 Å². The zero-order valence-corrected chi connectivity index (χ0v) is 7.53. The van der Waals surface area contributed by atoms with Crippen LogP contribution in [0.4, 0.5) is 5.69 Å². The fourth-order valence-corrected chi connectivity index (χ4v) is 1.71. The van der Waals surface area contributed by atoms with Crippen molar-refractivity contribution in [2.75, 3.05) is 11.9 Å². The summed E-state index contributed by atoms with van der Waals surface area (Å²) in [6, 6.07) is 6.94. The van der Waals surface area contributed by atoms with Gasteiger partial charge in [0.15, 0.2) is 5.60 Å². The maximum Gasteiger partial charge on any atom is 0.261 e. The van der Waals surface area contributed by atoms with Gasteiger partial charge in [-0.2, -0.15) is 0 Å². The molecule has 14 heavy (non-hydrogen) atoms. The van der Waals surface area contributed by atoms with E-state index in [1.165, 1.54) is 0 Å². The molecule has 1 aliphatic heterocycles. The molecule has 0 aliphatic carbocycles. The summed E-state index contributed by atoms with van der Waals surface area (Å²) in [5.41, 5.74) is -0.404. The molecule has 0 fully saturated rings. The van der Waals surface area contributed by atoms with Crippen molar-refractivity contribution >= 4 is 11.6 Å². The van der Waals surface area contributed by atoms with Crippen molar-refractivity contribution in [3.8, 4) is 0 Å². The molecule has 1 aliphatic rings. The van der Waals surface area contributed by atoms with Gasteiger partial charge in [0.1, 0.15) is 0 Å². The number of nitrogens with one attached hydrogen (secondary N) is 1. The molecule has 0 aromatic heterocycles.